The number of hydrogen-bond acceptors (Lipinski definition) is 3. The molecule has 0 saturated heterocycles. The van der Waals surface area contributed by atoms with Gasteiger partial charge in [-0.15, -0.1) is 0 Å². The number of hydrogen-bond donors (Lipinski definition) is 1. The first-order valence-corrected chi connectivity index (χ1v) is 6.89. The first-order valence-electron chi connectivity index (χ1n) is 6.10. The van der Waals surface area contributed by atoms with E-state index in [1.54, 1.807) is 12.3 Å². The van der Waals surface area contributed by atoms with Gasteiger partial charge in [-0.05, 0) is 47.9 Å². The van der Waals surface area contributed by atoms with E-state index in [2.05, 4.69) is 51.4 Å². The van der Waals surface area contributed by atoms with E-state index >= 15 is 0 Å². The van der Waals surface area contributed by atoms with Gasteiger partial charge in [-0.3, -0.25) is 0 Å². The smallest absolute Gasteiger partial charge is 0.140 e. The molecule has 0 unspecified atom stereocenters. The predicted molar refractivity (Wildman–Crippen MR) is 79.8 cm³/mol. The topological polar surface area (TPSA) is 48.7 Å². The number of aromatic nitrogens is 1. The zero-order chi connectivity index (χ0) is 13.7. The Balaban J connectivity index is 2.12. The zero-order valence-electron chi connectivity index (χ0n) is 10.7. The van der Waals surface area contributed by atoms with E-state index in [1.807, 2.05) is 12.1 Å². The second-order valence-corrected chi connectivity index (χ2v) is 5.09. The van der Waals surface area contributed by atoms with Crippen molar-refractivity contribution in [2.75, 3.05) is 5.32 Å². The third kappa shape index (κ3) is 3.55. The van der Waals surface area contributed by atoms with E-state index in [0.717, 1.165) is 22.1 Å². The second kappa shape index (κ2) is 6.35. The van der Waals surface area contributed by atoms with Crippen molar-refractivity contribution in [1.82, 2.24) is 4.98 Å². The van der Waals surface area contributed by atoms with E-state index in [4.69, 9.17) is 5.26 Å². The van der Waals surface area contributed by atoms with Gasteiger partial charge in [-0.2, -0.15) is 5.26 Å². The molecule has 1 N–H and O–H groups in total. The molecule has 0 fully saturated rings. The number of nitriles is 1. The normalized spacial score (nSPS) is 9.95. The Kier molecular flexibility index (Phi) is 4.53. The fourth-order valence-corrected chi connectivity index (χ4v) is 2.28. The first kappa shape index (κ1) is 13.6. The monoisotopic (exact) mass is 315 g/mol. The molecule has 0 amide bonds. The lowest BCUT2D eigenvalue weighted by Gasteiger charge is -2.11. The predicted octanol–water partition coefficient (Wildman–Crippen LogP) is 3.89. The Morgan fingerprint density at radius 1 is 1.32 bits per heavy atom. The van der Waals surface area contributed by atoms with Crippen LogP contribution in [0.2, 0.25) is 0 Å². The van der Waals surface area contributed by atoms with Gasteiger partial charge in [0, 0.05) is 22.9 Å². The van der Waals surface area contributed by atoms with Gasteiger partial charge in [0.1, 0.15) is 11.8 Å². The van der Waals surface area contributed by atoms with Crippen LogP contribution in [0.1, 0.15) is 23.7 Å². The van der Waals surface area contributed by atoms with Crippen LogP contribution in [0.25, 0.3) is 0 Å². The Morgan fingerprint density at radius 3 is 2.89 bits per heavy atom. The van der Waals surface area contributed by atoms with Gasteiger partial charge in [0.25, 0.3) is 0 Å². The summed E-state index contributed by atoms with van der Waals surface area (Å²) in [4.78, 5) is 3.96. The maximum Gasteiger partial charge on any atom is 0.140 e. The highest BCUT2D eigenvalue weighted by Crippen LogP contribution is 2.22. The molecule has 2 aromatic rings. The van der Waals surface area contributed by atoms with Gasteiger partial charge in [0.2, 0.25) is 0 Å². The van der Waals surface area contributed by atoms with Crippen molar-refractivity contribution in [1.29, 1.82) is 5.26 Å². The molecule has 0 aliphatic carbocycles. The van der Waals surface area contributed by atoms with E-state index < -0.39 is 0 Å². The summed E-state index contributed by atoms with van der Waals surface area (Å²) in [5.74, 6) is 0. The van der Waals surface area contributed by atoms with Gasteiger partial charge in [-0.25, -0.2) is 4.98 Å². The summed E-state index contributed by atoms with van der Waals surface area (Å²) in [6, 6.07) is 12.0. The Morgan fingerprint density at radius 2 is 2.16 bits per heavy atom. The third-order valence-electron chi connectivity index (χ3n) is 2.87. The Labute approximate surface area is 121 Å². The van der Waals surface area contributed by atoms with Gasteiger partial charge in [0.15, 0.2) is 0 Å². The van der Waals surface area contributed by atoms with Crippen molar-refractivity contribution in [3.63, 3.8) is 0 Å². The summed E-state index contributed by atoms with van der Waals surface area (Å²) in [5.41, 5.74) is 3.90. The van der Waals surface area contributed by atoms with Gasteiger partial charge in [0.05, 0.1) is 0 Å². The molecule has 2 rings (SSSR count). The summed E-state index contributed by atoms with van der Waals surface area (Å²) in [7, 11) is 0. The highest BCUT2D eigenvalue weighted by Gasteiger charge is 2.02. The van der Waals surface area contributed by atoms with Crippen LogP contribution < -0.4 is 5.32 Å². The minimum Gasteiger partial charge on any atom is -0.381 e. The molecule has 0 radical (unpaired) electrons. The highest BCUT2D eigenvalue weighted by molar-refractivity contribution is 9.10. The van der Waals surface area contributed by atoms with Gasteiger partial charge in [-0.1, -0.05) is 22.9 Å². The lowest BCUT2D eigenvalue weighted by atomic mass is 10.1. The molecule has 1 aromatic heterocycles. The summed E-state index contributed by atoms with van der Waals surface area (Å²) in [6.07, 6.45) is 2.64. The van der Waals surface area contributed by atoms with Crippen molar-refractivity contribution in [2.24, 2.45) is 0 Å². The van der Waals surface area contributed by atoms with E-state index in [9.17, 15) is 0 Å². The molecule has 1 heterocycles. The van der Waals surface area contributed by atoms with Crippen molar-refractivity contribution in [3.05, 3.63) is 57.8 Å². The molecule has 96 valence electrons. The molecular weight excluding hydrogens is 302 g/mol. The van der Waals surface area contributed by atoms with Crippen LogP contribution in [0.3, 0.4) is 0 Å². The third-order valence-corrected chi connectivity index (χ3v) is 3.36. The molecule has 19 heavy (non-hydrogen) atoms. The number of anilines is 1. The van der Waals surface area contributed by atoms with Crippen molar-refractivity contribution in [2.45, 2.75) is 19.9 Å². The number of benzene rings is 1. The Hall–Kier alpha value is -1.86. The van der Waals surface area contributed by atoms with Crippen LogP contribution >= 0.6 is 15.9 Å². The SMILES string of the molecule is CCc1cc(Br)ccc1NCc1ccnc(C#N)c1. The number of nitrogens with zero attached hydrogens (tertiary/aromatic N) is 2. The van der Waals surface area contributed by atoms with E-state index in [1.165, 1.54) is 5.56 Å². The van der Waals surface area contributed by atoms with Crippen LogP contribution in [-0.4, -0.2) is 4.98 Å². The standard InChI is InChI=1S/C15H14BrN3/c1-2-12-8-13(16)3-4-15(12)19-10-11-5-6-18-14(7-11)9-17/h3-8,19H,2,10H2,1H3. The maximum absolute atomic E-state index is 8.82. The minimum atomic E-state index is 0.450. The first-order chi connectivity index (χ1) is 9.22. The number of aryl methyl sites for hydroxylation is 1. The Bertz CT molecular complexity index is 617. The van der Waals surface area contributed by atoms with Crippen LogP contribution in [-0.2, 0) is 13.0 Å². The number of halogens is 1. The van der Waals surface area contributed by atoms with Crippen molar-refractivity contribution in [3.8, 4) is 6.07 Å². The molecule has 0 aliphatic heterocycles. The van der Waals surface area contributed by atoms with E-state index in [0.29, 0.717) is 12.2 Å². The minimum absolute atomic E-state index is 0.450. The van der Waals surface area contributed by atoms with Crippen LogP contribution in [0, 0.1) is 11.3 Å². The summed E-state index contributed by atoms with van der Waals surface area (Å²) in [6.45, 7) is 2.82. The molecule has 0 atom stereocenters. The molecule has 0 bridgehead atoms. The lowest BCUT2D eigenvalue weighted by Crippen LogP contribution is -2.02. The lowest BCUT2D eigenvalue weighted by molar-refractivity contribution is 1.08. The fraction of sp³-hybridized carbons (Fsp3) is 0.200. The van der Waals surface area contributed by atoms with Gasteiger partial charge < -0.3 is 5.32 Å². The molecule has 0 saturated carbocycles. The van der Waals surface area contributed by atoms with E-state index in [-0.39, 0.29) is 0 Å². The molecule has 1 aromatic carbocycles. The number of pyridine rings is 1. The second-order valence-electron chi connectivity index (χ2n) is 4.17. The van der Waals surface area contributed by atoms with Crippen molar-refractivity contribution < 1.29 is 0 Å². The molecule has 4 heteroatoms. The van der Waals surface area contributed by atoms with Crippen LogP contribution in [0.5, 0.6) is 0 Å². The summed E-state index contributed by atoms with van der Waals surface area (Å²) >= 11 is 3.48. The van der Waals surface area contributed by atoms with Crippen LogP contribution in [0.4, 0.5) is 5.69 Å². The maximum atomic E-state index is 8.82. The quantitative estimate of drug-likeness (QED) is 0.931. The van der Waals surface area contributed by atoms with Crippen LogP contribution in [0.15, 0.2) is 41.0 Å². The average molecular weight is 316 g/mol. The molecule has 3 nitrogen and oxygen atoms in total. The number of rotatable bonds is 4. The fourth-order valence-electron chi connectivity index (χ4n) is 1.87. The molecular formula is C15H14BrN3. The number of nitrogens with one attached hydrogen (secondary N) is 1. The average Bonchev–Trinajstić information content (AvgIpc) is 2.46. The van der Waals surface area contributed by atoms with Crippen molar-refractivity contribution >= 4 is 21.6 Å². The summed E-state index contributed by atoms with van der Waals surface area (Å²) < 4.78 is 1.09. The highest BCUT2D eigenvalue weighted by atomic mass is 79.9. The zero-order valence-corrected chi connectivity index (χ0v) is 12.2. The largest absolute Gasteiger partial charge is 0.381 e. The molecule has 0 spiro atoms. The van der Waals surface area contributed by atoms with Gasteiger partial charge >= 0.3 is 0 Å². The summed E-state index contributed by atoms with van der Waals surface area (Å²) in [5, 5.41) is 12.2. The molecule has 0 aliphatic rings.